The molecule has 0 aromatic heterocycles. The summed E-state index contributed by atoms with van der Waals surface area (Å²) in [6.45, 7) is 6.00. The Morgan fingerprint density at radius 1 is 1.32 bits per heavy atom. The summed E-state index contributed by atoms with van der Waals surface area (Å²) in [4.78, 5) is 0. The maximum absolute atomic E-state index is 6.07. The zero-order chi connectivity index (χ0) is 14.3. The van der Waals surface area contributed by atoms with Gasteiger partial charge < -0.3 is 14.8 Å². The van der Waals surface area contributed by atoms with Gasteiger partial charge in [0, 0.05) is 19.8 Å². The fraction of sp³-hybridized carbons (Fsp3) is 0.600. The number of benzene rings is 1. The van der Waals surface area contributed by atoms with Gasteiger partial charge in [0.1, 0.15) is 5.75 Å². The molecule has 1 rings (SSSR count). The van der Waals surface area contributed by atoms with Gasteiger partial charge in [-0.15, -0.1) is 0 Å². The van der Waals surface area contributed by atoms with Gasteiger partial charge >= 0.3 is 0 Å². The van der Waals surface area contributed by atoms with Crippen molar-refractivity contribution >= 4 is 11.6 Å². The van der Waals surface area contributed by atoms with E-state index in [1.807, 2.05) is 12.1 Å². The predicted octanol–water partition coefficient (Wildman–Crippen LogP) is 3.67. The average Bonchev–Trinajstić information content (AvgIpc) is 2.39. The van der Waals surface area contributed by atoms with E-state index in [2.05, 4.69) is 25.2 Å². The molecule has 0 bridgehead atoms. The molecular weight excluding hydrogens is 262 g/mol. The minimum absolute atomic E-state index is 0.293. The van der Waals surface area contributed by atoms with E-state index < -0.39 is 0 Å². The lowest BCUT2D eigenvalue weighted by atomic mass is 9.96. The van der Waals surface area contributed by atoms with Crippen molar-refractivity contribution in [1.29, 1.82) is 0 Å². The van der Waals surface area contributed by atoms with Crippen LogP contribution in [0, 0.1) is 5.92 Å². The number of nitrogens with one attached hydrogen (secondary N) is 1. The SMILES string of the molecule is CCNC(CC(C)COC)c1ccc(Cl)c(OC)c1. The Labute approximate surface area is 121 Å². The van der Waals surface area contributed by atoms with Gasteiger partial charge in [-0.2, -0.15) is 0 Å². The minimum Gasteiger partial charge on any atom is -0.495 e. The van der Waals surface area contributed by atoms with Crippen molar-refractivity contribution in [3.8, 4) is 5.75 Å². The second-order valence-electron chi connectivity index (χ2n) is 4.80. The highest BCUT2D eigenvalue weighted by Gasteiger charge is 2.16. The van der Waals surface area contributed by atoms with E-state index >= 15 is 0 Å². The molecule has 1 aromatic rings. The van der Waals surface area contributed by atoms with Crippen LogP contribution in [0.2, 0.25) is 5.02 Å². The van der Waals surface area contributed by atoms with E-state index in [9.17, 15) is 0 Å². The quantitative estimate of drug-likeness (QED) is 0.790. The molecule has 1 aromatic carbocycles. The lowest BCUT2D eigenvalue weighted by molar-refractivity contribution is 0.149. The van der Waals surface area contributed by atoms with Gasteiger partial charge in [0.25, 0.3) is 0 Å². The summed E-state index contributed by atoms with van der Waals surface area (Å²) in [5.41, 5.74) is 1.20. The molecule has 0 radical (unpaired) electrons. The molecular formula is C15H24ClNO2. The number of halogens is 1. The normalized spacial score (nSPS) is 14.2. The summed E-state index contributed by atoms with van der Waals surface area (Å²) in [6.07, 6.45) is 1.02. The molecule has 0 aliphatic rings. The molecule has 0 aliphatic carbocycles. The molecule has 19 heavy (non-hydrogen) atoms. The van der Waals surface area contributed by atoms with Crippen molar-refractivity contribution in [3.63, 3.8) is 0 Å². The highest BCUT2D eigenvalue weighted by atomic mass is 35.5. The standard InChI is InChI=1S/C15H24ClNO2/c1-5-17-14(8-11(2)10-18-3)12-6-7-13(16)15(9-12)19-4/h6-7,9,11,14,17H,5,8,10H2,1-4H3. The van der Waals surface area contributed by atoms with Crippen LogP contribution in [0.3, 0.4) is 0 Å². The van der Waals surface area contributed by atoms with Gasteiger partial charge in [0.05, 0.1) is 12.1 Å². The van der Waals surface area contributed by atoms with Crippen LogP contribution in [-0.4, -0.2) is 27.4 Å². The van der Waals surface area contributed by atoms with E-state index in [0.717, 1.165) is 25.3 Å². The number of rotatable bonds is 8. The highest BCUT2D eigenvalue weighted by molar-refractivity contribution is 6.32. The maximum Gasteiger partial charge on any atom is 0.137 e. The lowest BCUT2D eigenvalue weighted by Gasteiger charge is -2.22. The van der Waals surface area contributed by atoms with E-state index in [4.69, 9.17) is 21.1 Å². The lowest BCUT2D eigenvalue weighted by Crippen LogP contribution is -2.24. The fourth-order valence-corrected chi connectivity index (χ4v) is 2.43. The van der Waals surface area contributed by atoms with Crippen molar-refractivity contribution in [2.24, 2.45) is 5.92 Å². The Kier molecular flexibility index (Phi) is 7.21. The van der Waals surface area contributed by atoms with Gasteiger partial charge in [-0.05, 0) is 36.6 Å². The molecule has 2 unspecified atom stereocenters. The number of ether oxygens (including phenoxy) is 2. The molecule has 1 N–H and O–H groups in total. The summed E-state index contributed by atoms with van der Waals surface area (Å²) in [5, 5.41) is 4.15. The second kappa shape index (κ2) is 8.41. The Bertz CT molecular complexity index is 384. The first-order valence-corrected chi connectivity index (χ1v) is 7.05. The van der Waals surface area contributed by atoms with E-state index in [0.29, 0.717) is 17.0 Å². The average molecular weight is 286 g/mol. The minimum atomic E-state index is 0.293. The fourth-order valence-electron chi connectivity index (χ4n) is 2.23. The van der Waals surface area contributed by atoms with Gasteiger partial charge in [-0.3, -0.25) is 0 Å². The second-order valence-corrected chi connectivity index (χ2v) is 5.21. The summed E-state index contributed by atoms with van der Waals surface area (Å²) < 4.78 is 10.5. The number of hydrogen-bond acceptors (Lipinski definition) is 3. The van der Waals surface area contributed by atoms with Gasteiger partial charge in [-0.1, -0.05) is 31.5 Å². The van der Waals surface area contributed by atoms with Crippen LogP contribution in [-0.2, 0) is 4.74 Å². The van der Waals surface area contributed by atoms with E-state index in [-0.39, 0.29) is 0 Å². The van der Waals surface area contributed by atoms with Crippen molar-refractivity contribution in [1.82, 2.24) is 5.32 Å². The van der Waals surface area contributed by atoms with Crippen LogP contribution in [0.25, 0.3) is 0 Å². The van der Waals surface area contributed by atoms with Crippen LogP contribution >= 0.6 is 11.6 Å². The predicted molar refractivity (Wildman–Crippen MR) is 80.1 cm³/mol. The first kappa shape index (κ1) is 16.3. The summed E-state index contributed by atoms with van der Waals surface area (Å²) in [6, 6.07) is 6.25. The van der Waals surface area contributed by atoms with Crippen LogP contribution in [0.15, 0.2) is 18.2 Å². The molecule has 0 saturated carbocycles. The topological polar surface area (TPSA) is 30.5 Å². The number of hydrogen-bond donors (Lipinski definition) is 1. The van der Waals surface area contributed by atoms with Crippen LogP contribution in [0.4, 0.5) is 0 Å². The van der Waals surface area contributed by atoms with Crippen LogP contribution in [0.5, 0.6) is 5.75 Å². The first-order chi connectivity index (χ1) is 9.12. The molecule has 0 spiro atoms. The van der Waals surface area contributed by atoms with Gasteiger partial charge in [0.15, 0.2) is 0 Å². The zero-order valence-corrected chi connectivity index (χ0v) is 13.0. The summed E-state index contributed by atoms with van der Waals surface area (Å²) in [7, 11) is 3.38. The maximum atomic E-state index is 6.07. The zero-order valence-electron chi connectivity index (χ0n) is 12.2. The molecule has 2 atom stereocenters. The van der Waals surface area contributed by atoms with Crippen LogP contribution in [0.1, 0.15) is 31.9 Å². The summed E-state index contributed by atoms with van der Waals surface area (Å²) >= 11 is 6.07. The van der Waals surface area contributed by atoms with E-state index in [1.54, 1.807) is 14.2 Å². The van der Waals surface area contributed by atoms with Gasteiger partial charge in [-0.25, -0.2) is 0 Å². The Hall–Kier alpha value is -0.770. The first-order valence-electron chi connectivity index (χ1n) is 6.68. The molecule has 0 aliphatic heterocycles. The Balaban J connectivity index is 2.85. The van der Waals surface area contributed by atoms with E-state index in [1.165, 1.54) is 5.56 Å². The Morgan fingerprint density at radius 2 is 2.05 bits per heavy atom. The monoisotopic (exact) mass is 285 g/mol. The molecule has 0 fully saturated rings. The number of methoxy groups -OCH3 is 2. The Morgan fingerprint density at radius 3 is 2.63 bits per heavy atom. The van der Waals surface area contributed by atoms with Crippen molar-refractivity contribution in [3.05, 3.63) is 28.8 Å². The molecule has 0 saturated heterocycles. The third kappa shape index (κ3) is 5.01. The molecule has 108 valence electrons. The molecule has 3 nitrogen and oxygen atoms in total. The third-order valence-electron chi connectivity index (χ3n) is 3.12. The van der Waals surface area contributed by atoms with Gasteiger partial charge in [0.2, 0.25) is 0 Å². The third-order valence-corrected chi connectivity index (χ3v) is 3.43. The highest BCUT2D eigenvalue weighted by Crippen LogP contribution is 2.30. The van der Waals surface area contributed by atoms with Crippen LogP contribution < -0.4 is 10.1 Å². The van der Waals surface area contributed by atoms with Crippen molar-refractivity contribution < 1.29 is 9.47 Å². The molecule has 4 heteroatoms. The van der Waals surface area contributed by atoms with Crippen molar-refractivity contribution in [2.45, 2.75) is 26.3 Å². The smallest absolute Gasteiger partial charge is 0.137 e. The summed E-state index contributed by atoms with van der Waals surface area (Å²) in [5.74, 6) is 1.22. The largest absolute Gasteiger partial charge is 0.495 e. The molecule has 0 heterocycles. The molecule has 0 amide bonds. The van der Waals surface area contributed by atoms with Crippen molar-refractivity contribution in [2.75, 3.05) is 27.4 Å².